The van der Waals surface area contributed by atoms with E-state index in [1.165, 1.54) is 193 Å². The van der Waals surface area contributed by atoms with E-state index < -0.39 is 97.5 Å². The lowest BCUT2D eigenvalue weighted by Gasteiger charge is -2.21. The summed E-state index contributed by atoms with van der Waals surface area (Å²) in [6.45, 7) is 14.2. The molecule has 0 rings (SSSR count). The first kappa shape index (κ1) is 95.1. The highest BCUT2D eigenvalue weighted by Gasteiger charge is 2.30. The van der Waals surface area contributed by atoms with Gasteiger partial charge in [-0.2, -0.15) is 0 Å². The van der Waals surface area contributed by atoms with Crippen molar-refractivity contribution in [1.82, 2.24) is 0 Å². The molecule has 0 saturated carbocycles. The number of hydrogen-bond donors (Lipinski definition) is 3. The first-order valence-corrected chi connectivity index (χ1v) is 43.3. The molecule has 19 heteroatoms. The van der Waals surface area contributed by atoms with Crippen molar-refractivity contribution in [3.8, 4) is 0 Å². The maximum absolute atomic E-state index is 13.1. The van der Waals surface area contributed by atoms with E-state index in [0.717, 1.165) is 114 Å². The normalized spacial score (nSPS) is 14.6. The zero-order chi connectivity index (χ0) is 71.7. The molecule has 0 amide bonds. The molecule has 17 nitrogen and oxygen atoms in total. The van der Waals surface area contributed by atoms with Crippen LogP contribution >= 0.6 is 15.6 Å². The molecule has 0 aliphatic rings. The molecule has 0 aliphatic heterocycles. The maximum atomic E-state index is 13.1. The van der Waals surface area contributed by atoms with Gasteiger partial charge in [-0.05, 0) is 49.4 Å². The van der Waals surface area contributed by atoms with E-state index in [1.54, 1.807) is 0 Å². The fourth-order valence-corrected chi connectivity index (χ4v) is 13.4. The van der Waals surface area contributed by atoms with Crippen LogP contribution in [0.1, 0.15) is 396 Å². The summed E-state index contributed by atoms with van der Waals surface area (Å²) in [6, 6.07) is 0. The standard InChI is InChI=1S/C78H152O17P2/c1-9-70(7)56-48-40-32-26-22-17-15-13-11-12-14-16-18-23-27-33-42-50-58-75(80)88-65-74(95-78(83)61-53-45-37-36-41-49-57-71(8)10-2)67-93-97(86,87)91-63-72(79)62-90-96(84,85)92-66-73(64-89-76(81)59-51-43-35-29-31-39-47-55-69(5)6)94-77(82)60-52-44-34-28-24-20-19-21-25-30-38-46-54-68(3)4/h68-74,79H,9-67H2,1-8H3,(H,84,85)(H,86,87)/t70?,71?,72?,73-,74-/m1/s1. The van der Waals surface area contributed by atoms with Gasteiger partial charge in [-0.25, -0.2) is 9.13 Å². The predicted octanol–water partition coefficient (Wildman–Crippen LogP) is 22.8. The summed E-state index contributed by atoms with van der Waals surface area (Å²) in [5.74, 6) is 0.952. The molecular weight excluding hydrogens is 1270 g/mol. The molecule has 97 heavy (non-hydrogen) atoms. The molecule has 0 aliphatic carbocycles. The van der Waals surface area contributed by atoms with Crippen LogP contribution in [0.4, 0.5) is 0 Å². The highest BCUT2D eigenvalue weighted by molar-refractivity contribution is 7.47. The number of phosphoric acid groups is 2. The highest BCUT2D eigenvalue weighted by atomic mass is 31.2. The Morgan fingerprint density at radius 3 is 0.732 bits per heavy atom. The molecule has 7 atom stereocenters. The van der Waals surface area contributed by atoms with Gasteiger partial charge in [0.25, 0.3) is 0 Å². The minimum Gasteiger partial charge on any atom is -0.462 e. The van der Waals surface area contributed by atoms with Crippen molar-refractivity contribution in [2.75, 3.05) is 39.6 Å². The first-order valence-electron chi connectivity index (χ1n) is 40.3. The molecule has 0 bridgehead atoms. The zero-order valence-corrected chi connectivity index (χ0v) is 65.5. The predicted molar refractivity (Wildman–Crippen MR) is 395 cm³/mol. The third-order valence-electron chi connectivity index (χ3n) is 18.8. The Labute approximate surface area is 594 Å². The molecule has 0 fully saturated rings. The second-order valence-electron chi connectivity index (χ2n) is 29.5. The SMILES string of the molecule is CCC(C)CCCCCCCCCCCCCCCCCCCCC(=O)OC[C@H](COP(=O)(O)OCC(O)COP(=O)(O)OC[C@@H](COC(=O)CCCCCCCCCC(C)C)OC(=O)CCCCCCCCCCCCCCC(C)C)OC(=O)CCCCCCCCC(C)CC. The van der Waals surface area contributed by atoms with Crippen molar-refractivity contribution < 1.29 is 80.2 Å². The number of carbonyl (C=O) groups is 4. The van der Waals surface area contributed by atoms with Crippen molar-refractivity contribution in [2.24, 2.45) is 23.7 Å². The van der Waals surface area contributed by atoms with E-state index in [9.17, 15) is 43.2 Å². The number of hydrogen-bond acceptors (Lipinski definition) is 15. The lowest BCUT2D eigenvalue weighted by atomic mass is 9.99. The van der Waals surface area contributed by atoms with Crippen LogP contribution in [0.3, 0.4) is 0 Å². The Balaban J connectivity index is 5.14. The summed E-state index contributed by atoms with van der Waals surface area (Å²) < 4.78 is 68.5. The van der Waals surface area contributed by atoms with Crippen LogP contribution in [0.25, 0.3) is 0 Å². The zero-order valence-electron chi connectivity index (χ0n) is 63.7. The van der Waals surface area contributed by atoms with Crippen molar-refractivity contribution in [1.29, 1.82) is 0 Å². The average molecular weight is 1420 g/mol. The lowest BCUT2D eigenvalue weighted by Crippen LogP contribution is -2.30. The van der Waals surface area contributed by atoms with Gasteiger partial charge in [-0.15, -0.1) is 0 Å². The van der Waals surface area contributed by atoms with Gasteiger partial charge in [-0.1, -0.05) is 344 Å². The van der Waals surface area contributed by atoms with Gasteiger partial charge in [0.15, 0.2) is 12.2 Å². The van der Waals surface area contributed by atoms with Crippen molar-refractivity contribution in [3.05, 3.63) is 0 Å². The smallest absolute Gasteiger partial charge is 0.462 e. The van der Waals surface area contributed by atoms with Gasteiger partial charge in [0.1, 0.15) is 19.3 Å². The van der Waals surface area contributed by atoms with Crippen LogP contribution in [-0.2, 0) is 65.4 Å². The second kappa shape index (κ2) is 67.2. The van der Waals surface area contributed by atoms with Gasteiger partial charge >= 0.3 is 39.5 Å². The summed E-state index contributed by atoms with van der Waals surface area (Å²) in [5.41, 5.74) is 0. The van der Waals surface area contributed by atoms with Crippen LogP contribution in [0.15, 0.2) is 0 Å². The number of aliphatic hydroxyl groups excluding tert-OH is 1. The molecule has 0 heterocycles. The minimum atomic E-state index is -4.96. The Hall–Kier alpha value is -1.94. The fourth-order valence-electron chi connectivity index (χ4n) is 11.8. The van der Waals surface area contributed by atoms with Gasteiger partial charge in [0.2, 0.25) is 0 Å². The lowest BCUT2D eigenvalue weighted by molar-refractivity contribution is -0.161. The van der Waals surface area contributed by atoms with Gasteiger partial charge in [0, 0.05) is 25.7 Å². The monoisotopic (exact) mass is 1420 g/mol. The third-order valence-corrected chi connectivity index (χ3v) is 20.7. The molecule has 0 aromatic rings. The Morgan fingerprint density at radius 1 is 0.289 bits per heavy atom. The molecule has 0 spiro atoms. The van der Waals surface area contributed by atoms with Crippen LogP contribution in [0.5, 0.6) is 0 Å². The van der Waals surface area contributed by atoms with Crippen molar-refractivity contribution in [2.45, 2.75) is 414 Å². The molecule has 0 saturated heterocycles. The van der Waals surface area contributed by atoms with E-state index >= 15 is 0 Å². The first-order chi connectivity index (χ1) is 46.7. The Morgan fingerprint density at radius 2 is 0.495 bits per heavy atom. The number of carbonyl (C=O) groups excluding carboxylic acids is 4. The fraction of sp³-hybridized carbons (Fsp3) is 0.949. The van der Waals surface area contributed by atoms with Crippen LogP contribution in [0, 0.1) is 23.7 Å². The molecule has 0 aromatic carbocycles. The summed E-state index contributed by atoms with van der Waals surface area (Å²) in [7, 11) is -9.91. The average Bonchev–Trinajstić information content (AvgIpc) is 1.25. The van der Waals surface area contributed by atoms with E-state index in [2.05, 4.69) is 55.4 Å². The molecule has 0 radical (unpaired) electrons. The second-order valence-corrected chi connectivity index (χ2v) is 32.4. The molecule has 5 unspecified atom stereocenters. The molecule has 576 valence electrons. The van der Waals surface area contributed by atoms with Crippen LogP contribution in [-0.4, -0.2) is 96.7 Å². The van der Waals surface area contributed by atoms with Gasteiger partial charge in [-0.3, -0.25) is 37.3 Å². The highest BCUT2D eigenvalue weighted by Crippen LogP contribution is 2.45. The Bertz CT molecular complexity index is 1910. The number of esters is 4. The van der Waals surface area contributed by atoms with Crippen LogP contribution in [0.2, 0.25) is 0 Å². The number of phosphoric ester groups is 2. The van der Waals surface area contributed by atoms with E-state index in [-0.39, 0.29) is 25.7 Å². The van der Waals surface area contributed by atoms with Crippen molar-refractivity contribution in [3.63, 3.8) is 0 Å². The molecular formula is C78H152O17P2. The van der Waals surface area contributed by atoms with E-state index in [1.807, 2.05) is 0 Å². The van der Waals surface area contributed by atoms with Crippen molar-refractivity contribution >= 4 is 39.5 Å². The molecule has 3 N–H and O–H groups in total. The summed E-state index contributed by atoms with van der Waals surface area (Å²) in [4.78, 5) is 72.8. The largest absolute Gasteiger partial charge is 0.472 e. The van der Waals surface area contributed by atoms with Crippen LogP contribution < -0.4 is 0 Å². The van der Waals surface area contributed by atoms with Gasteiger partial charge < -0.3 is 33.8 Å². The summed E-state index contributed by atoms with van der Waals surface area (Å²) >= 11 is 0. The summed E-state index contributed by atoms with van der Waals surface area (Å²) in [6.07, 6.45) is 53.0. The van der Waals surface area contributed by atoms with Gasteiger partial charge in [0.05, 0.1) is 26.4 Å². The minimum absolute atomic E-state index is 0.103. The number of ether oxygens (including phenoxy) is 4. The molecule has 0 aromatic heterocycles. The Kier molecular flexibility index (Phi) is 65.9. The number of unbranched alkanes of at least 4 members (excludes halogenated alkanes) is 39. The number of aliphatic hydroxyl groups is 1. The quantitative estimate of drug-likeness (QED) is 0.0222. The maximum Gasteiger partial charge on any atom is 0.472 e. The third kappa shape index (κ3) is 69.5. The van der Waals surface area contributed by atoms with E-state index in [4.69, 9.17) is 37.0 Å². The topological polar surface area (TPSA) is 237 Å². The van der Waals surface area contributed by atoms with E-state index in [0.29, 0.717) is 31.6 Å². The summed E-state index contributed by atoms with van der Waals surface area (Å²) in [5, 5.41) is 10.6. The number of rotatable bonds is 75.